The van der Waals surface area contributed by atoms with Crippen LogP contribution in [-0.4, -0.2) is 25.7 Å². The number of nitrogens with zero attached hydrogens (tertiary/aromatic N) is 4. The van der Waals surface area contributed by atoms with E-state index in [0.29, 0.717) is 18.1 Å². The van der Waals surface area contributed by atoms with Crippen LogP contribution in [0, 0.1) is 13.8 Å². The first-order valence-electron chi connectivity index (χ1n) is 5.23. The van der Waals surface area contributed by atoms with Crippen LogP contribution < -0.4 is 5.32 Å². The summed E-state index contributed by atoms with van der Waals surface area (Å²) in [5.41, 5.74) is 0.530. The Hall–Kier alpha value is -2.24. The van der Waals surface area contributed by atoms with Crippen LogP contribution in [0.15, 0.2) is 24.5 Å². The van der Waals surface area contributed by atoms with Gasteiger partial charge in [0, 0.05) is 12.4 Å². The topological polar surface area (TPSA) is 72.7 Å². The lowest BCUT2D eigenvalue weighted by Gasteiger charge is -2.05. The van der Waals surface area contributed by atoms with Gasteiger partial charge in [-0.1, -0.05) is 0 Å². The maximum Gasteiger partial charge on any atom is 0.254 e. The van der Waals surface area contributed by atoms with E-state index in [0.717, 1.165) is 5.82 Å². The quantitative estimate of drug-likeness (QED) is 0.843. The fraction of sp³-hybridized carbons (Fsp3) is 0.273. The first-order valence-corrected chi connectivity index (χ1v) is 5.23. The van der Waals surface area contributed by atoms with Gasteiger partial charge in [-0.25, -0.2) is 9.67 Å². The van der Waals surface area contributed by atoms with Crippen LogP contribution in [0.2, 0.25) is 0 Å². The molecule has 88 valence electrons. The van der Waals surface area contributed by atoms with Crippen molar-refractivity contribution in [2.45, 2.75) is 20.5 Å². The standard InChI is InChI=1S/C11H13N5O/c1-8-14-9(2)16(15-8)7-13-11(17)10-4-3-5-12-6-10/h3-6H,7H2,1-2H3,(H,13,17). The van der Waals surface area contributed by atoms with E-state index in [1.54, 1.807) is 23.0 Å². The molecule has 0 aliphatic heterocycles. The predicted octanol–water partition coefficient (Wildman–Crippen LogP) is 0.677. The molecule has 2 aromatic heterocycles. The van der Waals surface area contributed by atoms with E-state index in [2.05, 4.69) is 20.4 Å². The van der Waals surface area contributed by atoms with Crippen LogP contribution in [0.25, 0.3) is 0 Å². The molecule has 0 fully saturated rings. The van der Waals surface area contributed by atoms with Crippen molar-refractivity contribution < 1.29 is 4.79 Å². The third-order valence-corrected chi connectivity index (χ3v) is 2.28. The summed E-state index contributed by atoms with van der Waals surface area (Å²) in [6, 6.07) is 3.43. The summed E-state index contributed by atoms with van der Waals surface area (Å²) in [4.78, 5) is 19.8. The predicted molar refractivity (Wildman–Crippen MR) is 61.2 cm³/mol. The van der Waals surface area contributed by atoms with Gasteiger partial charge in [0.15, 0.2) is 0 Å². The lowest BCUT2D eigenvalue weighted by atomic mass is 10.3. The minimum Gasteiger partial charge on any atom is -0.333 e. The number of rotatable bonds is 3. The molecule has 0 bridgehead atoms. The molecule has 0 aliphatic carbocycles. The van der Waals surface area contributed by atoms with Gasteiger partial charge in [-0.05, 0) is 26.0 Å². The molecule has 2 rings (SSSR count). The summed E-state index contributed by atoms with van der Waals surface area (Å²) in [7, 11) is 0. The van der Waals surface area contributed by atoms with Gasteiger partial charge in [0.05, 0.1) is 5.56 Å². The number of pyridine rings is 1. The Morgan fingerprint density at radius 2 is 2.29 bits per heavy atom. The molecule has 0 aliphatic rings. The summed E-state index contributed by atoms with van der Waals surface area (Å²) in [5, 5.41) is 6.90. The van der Waals surface area contributed by atoms with E-state index < -0.39 is 0 Å². The number of carbonyl (C=O) groups is 1. The highest BCUT2D eigenvalue weighted by Crippen LogP contribution is 1.97. The zero-order valence-corrected chi connectivity index (χ0v) is 9.71. The van der Waals surface area contributed by atoms with Crippen molar-refractivity contribution in [3.8, 4) is 0 Å². The van der Waals surface area contributed by atoms with Crippen LogP contribution in [0.3, 0.4) is 0 Å². The molecule has 0 unspecified atom stereocenters. The maximum absolute atomic E-state index is 11.7. The second kappa shape index (κ2) is 4.73. The summed E-state index contributed by atoms with van der Waals surface area (Å²) >= 11 is 0. The molecular weight excluding hydrogens is 218 g/mol. The van der Waals surface area contributed by atoms with Crippen LogP contribution in [-0.2, 0) is 6.67 Å². The van der Waals surface area contributed by atoms with E-state index in [9.17, 15) is 4.79 Å². The molecule has 1 N–H and O–H groups in total. The number of hydrogen-bond donors (Lipinski definition) is 1. The highest BCUT2D eigenvalue weighted by Gasteiger charge is 2.06. The van der Waals surface area contributed by atoms with Crippen molar-refractivity contribution in [3.05, 3.63) is 41.7 Å². The molecule has 0 atom stereocenters. The van der Waals surface area contributed by atoms with Crippen molar-refractivity contribution in [2.24, 2.45) is 0 Å². The fourth-order valence-electron chi connectivity index (χ4n) is 1.46. The van der Waals surface area contributed by atoms with Gasteiger partial charge in [-0.15, -0.1) is 0 Å². The molecule has 6 heteroatoms. The average Bonchev–Trinajstić information content (AvgIpc) is 2.66. The van der Waals surface area contributed by atoms with E-state index in [1.165, 1.54) is 6.20 Å². The number of hydrogen-bond acceptors (Lipinski definition) is 4. The van der Waals surface area contributed by atoms with Crippen LogP contribution in [0.1, 0.15) is 22.0 Å². The molecule has 2 aromatic rings. The Balaban J connectivity index is 1.99. The molecule has 2 heterocycles. The first-order chi connectivity index (χ1) is 8.16. The van der Waals surface area contributed by atoms with E-state index in [1.807, 2.05) is 13.8 Å². The third kappa shape index (κ3) is 2.66. The number of nitrogens with one attached hydrogen (secondary N) is 1. The first kappa shape index (κ1) is 11.3. The zero-order chi connectivity index (χ0) is 12.3. The van der Waals surface area contributed by atoms with Gasteiger partial charge in [0.25, 0.3) is 5.91 Å². The molecule has 1 amide bonds. The third-order valence-electron chi connectivity index (χ3n) is 2.28. The van der Waals surface area contributed by atoms with Gasteiger partial charge in [-0.3, -0.25) is 9.78 Å². The molecule has 0 spiro atoms. The van der Waals surface area contributed by atoms with Crippen molar-refractivity contribution >= 4 is 5.91 Å². The Bertz CT molecular complexity index is 520. The second-order valence-electron chi connectivity index (χ2n) is 3.61. The Morgan fingerprint density at radius 1 is 1.47 bits per heavy atom. The molecule has 0 radical (unpaired) electrons. The van der Waals surface area contributed by atoms with Crippen molar-refractivity contribution in [1.82, 2.24) is 25.1 Å². The summed E-state index contributed by atoms with van der Waals surface area (Å²) in [6.45, 7) is 3.96. The van der Waals surface area contributed by atoms with Crippen molar-refractivity contribution in [3.63, 3.8) is 0 Å². The SMILES string of the molecule is Cc1nc(C)n(CNC(=O)c2cccnc2)n1. The Labute approximate surface area is 98.7 Å². The lowest BCUT2D eigenvalue weighted by Crippen LogP contribution is -2.27. The summed E-state index contributed by atoms with van der Waals surface area (Å²) in [5.74, 6) is 1.29. The minimum absolute atomic E-state index is 0.175. The van der Waals surface area contributed by atoms with Gasteiger partial charge in [0.1, 0.15) is 18.3 Å². The minimum atomic E-state index is -0.175. The Kier molecular flexibility index (Phi) is 3.13. The van der Waals surface area contributed by atoms with Crippen molar-refractivity contribution in [2.75, 3.05) is 0 Å². The molecule has 0 saturated heterocycles. The smallest absolute Gasteiger partial charge is 0.254 e. The number of aromatic nitrogens is 4. The summed E-state index contributed by atoms with van der Waals surface area (Å²) < 4.78 is 1.64. The largest absolute Gasteiger partial charge is 0.333 e. The number of carbonyl (C=O) groups excluding carboxylic acids is 1. The Morgan fingerprint density at radius 3 is 2.88 bits per heavy atom. The molecule has 0 aromatic carbocycles. The molecular formula is C11H13N5O. The maximum atomic E-state index is 11.7. The monoisotopic (exact) mass is 231 g/mol. The number of aryl methyl sites for hydroxylation is 2. The van der Waals surface area contributed by atoms with Gasteiger partial charge >= 0.3 is 0 Å². The lowest BCUT2D eigenvalue weighted by molar-refractivity contribution is 0.0939. The highest BCUT2D eigenvalue weighted by molar-refractivity contribution is 5.93. The molecule has 17 heavy (non-hydrogen) atoms. The van der Waals surface area contributed by atoms with Crippen molar-refractivity contribution in [1.29, 1.82) is 0 Å². The average molecular weight is 231 g/mol. The van der Waals surface area contributed by atoms with E-state index in [4.69, 9.17) is 0 Å². The van der Waals surface area contributed by atoms with Crippen LogP contribution in [0.5, 0.6) is 0 Å². The van der Waals surface area contributed by atoms with E-state index >= 15 is 0 Å². The molecule has 6 nitrogen and oxygen atoms in total. The van der Waals surface area contributed by atoms with Crippen LogP contribution in [0.4, 0.5) is 0 Å². The fourth-order valence-corrected chi connectivity index (χ4v) is 1.46. The number of amides is 1. The highest BCUT2D eigenvalue weighted by atomic mass is 16.1. The summed E-state index contributed by atoms with van der Waals surface area (Å²) in [6.07, 6.45) is 3.15. The normalized spacial score (nSPS) is 10.2. The molecule has 0 saturated carbocycles. The van der Waals surface area contributed by atoms with Gasteiger partial charge in [-0.2, -0.15) is 5.10 Å². The zero-order valence-electron chi connectivity index (χ0n) is 9.71. The second-order valence-corrected chi connectivity index (χ2v) is 3.61. The van der Waals surface area contributed by atoms with Gasteiger partial charge in [0.2, 0.25) is 0 Å². The van der Waals surface area contributed by atoms with E-state index in [-0.39, 0.29) is 5.91 Å². The van der Waals surface area contributed by atoms with Crippen LogP contribution >= 0.6 is 0 Å². The van der Waals surface area contributed by atoms with Gasteiger partial charge < -0.3 is 5.32 Å².